The molecule has 7 heteroatoms. The Bertz CT molecular complexity index is 348. The van der Waals surface area contributed by atoms with Crippen LogP contribution in [0.25, 0.3) is 0 Å². The summed E-state index contributed by atoms with van der Waals surface area (Å²) in [4.78, 5) is 11.2. The van der Waals surface area contributed by atoms with Crippen molar-refractivity contribution >= 4 is 67.5 Å². The summed E-state index contributed by atoms with van der Waals surface area (Å²) in [7, 11) is -3.78. The zero-order valence-electron chi connectivity index (χ0n) is 9.86. The Morgan fingerprint density at radius 3 is 2.18 bits per heavy atom. The van der Waals surface area contributed by atoms with Gasteiger partial charge in [-0.25, -0.2) is 4.79 Å². The molecule has 0 aromatic carbocycles. The molecule has 0 saturated carbocycles. The van der Waals surface area contributed by atoms with E-state index in [0.29, 0.717) is 12.8 Å². The summed E-state index contributed by atoms with van der Waals surface area (Å²) < 4.78 is 31.9. The van der Waals surface area contributed by atoms with E-state index >= 15 is 0 Å². The van der Waals surface area contributed by atoms with Crippen LogP contribution in [0.5, 0.6) is 0 Å². The van der Waals surface area contributed by atoms with Crippen LogP contribution in [0.3, 0.4) is 0 Å². The van der Waals surface area contributed by atoms with E-state index in [1.54, 1.807) is 6.92 Å². The van der Waals surface area contributed by atoms with E-state index in [1.165, 1.54) is 6.92 Å². The predicted molar refractivity (Wildman–Crippen MR) is 67.3 cm³/mol. The molecule has 0 N–H and O–H groups in total. The third-order valence-corrected chi connectivity index (χ3v) is 2.67. The van der Waals surface area contributed by atoms with Crippen LogP contribution in [0.2, 0.25) is 0 Å². The molecule has 0 amide bonds. The number of hydrogen-bond acceptors (Lipinski definition) is 5. The van der Waals surface area contributed by atoms with Crippen molar-refractivity contribution in [3.05, 3.63) is 11.0 Å². The predicted octanol–water partition coefficient (Wildman–Crippen LogP) is 0.951. The van der Waals surface area contributed by atoms with Crippen molar-refractivity contribution in [1.82, 2.24) is 0 Å². The second-order valence-electron chi connectivity index (χ2n) is 3.25. The van der Waals surface area contributed by atoms with Gasteiger partial charge in [-0.2, -0.15) is 8.42 Å². The fraction of sp³-hybridized carbons (Fsp3) is 0.700. The van der Waals surface area contributed by atoms with E-state index in [2.05, 4.69) is 4.18 Å². The number of carbonyl (C=O) groups excluding carboxylic acids is 1. The van der Waals surface area contributed by atoms with Crippen LogP contribution >= 0.6 is 0 Å². The molecule has 96 valence electrons. The Morgan fingerprint density at radius 2 is 1.71 bits per heavy atom. The number of carbonyl (C=O) groups is 1. The molecule has 0 rings (SSSR count). The van der Waals surface area contributed by atoms with Gasteiger partial charge in [0.25, 0.3) is 10.1 Å². The van der Waals surface area contributed by atoms with E-state index < -0.39 is 16.1 Å². The standard InChI is InChI=1S/C10H18O5S.K.H/c1-4-6-14-10(11)9(3)8-16(12,13)15-7-5-2;;/h8H,4-7H2,1-3H3;;. The van der Waals surface area contributed by atoms with Crippen molar-refractivity contribution < 1.29 is 22.1 Å². The maximum absolute atomic E-state index is 11.3. The first-order valence-electron chi connectivity index (χ1n) is 5.17. The summed E-state index contributed by atoms with van der Waals surface area (Å²) in [6, 6.07) is 0. The van der Waals surface area contributed by atoms with E-state index in [1.807, 2.05) is 6.92 Å². The normalized spacial score (nSPS) is 11.8. The Balaban J connectivity index is 0. The van der Waals surface area contributed by atoms with Crippen molar-refractivity contribution in [2.45, 2.75) is 33.6 Å². The topological polar surface area (TPSA) is 69.7 Å². The van der Waals surface area contributed by atoms with Gasteiger partial charge in [-0.15, -0.1) is 0 Å². The zero-order chi connectivity index (χ0) is 12.6. The van der Waals surface area contributed by atoms with Crippen LogP contribution in [0.4, 0.5) is 0 Å². The number of ether oxygens (including phenoxy) is 1. The fourth-order valence-corrected chi connectivity index (χ4v) is 1.80. The zero-order valence-corrected chi connectivity index (χ0v) is 10.7. The van der Waals surface area contributed by atoms with Gasteiger partial charge >= 0.3 is 57.4 Å². The van der Waals surface area contributed by atoms with Gasteiger partial charge in [0.15, 0.2) is 0 Å². The molecule has 17 heavy (non-hydrogen) atoms. The van der Waals surface area contributed by atoms with Gasteiger partial charge in [-0.05, 0) is 19.8 Å². The molecule has 0 radical (unpaired) electrons. The third-order valence-electron chi connectivity index (χ3n) is 1.53. The van der Waals surface area contributed by atoms with E-state index in [4.69, 9.17) is 4.74 Å². The number of hydrogen-bond donors (Lipinski definition) is 0. The van der Waals surface area contributed by atoms with Gasteiger partial charge in [0.1, 0.15) is 0 Å². The molecule has 5 nitrogen and oxygen atoms in total. The van der Waals surface area contributed by atoms with Crippen LogP contribution in [0.1, 0.15) is 33.6 Å². The summed E-state index contributed by atoms with van der Waals surface area (Å²) in [5, 5.41) is 0.792. The molecule has 0 aliphatic rings. The Kier molecular flexibility index (Phi) is 12.6. The third kappa shape index (κ3) is 10.4. The van der Waals surface area contributed by atoms with Crippen molar-refractivity contribution in [2.75, 3.05) is 13.2 Å². The van der Waals surface area contributed by atoms with Crippen molar-refractivity contribution in [3.63, 3.8) is 0 Å². The summed E-state index contributed by atoms with van der Waals surface area (Å²) in [6.07, 6.45) is 1.28. The van der Waals surface area contributed by atoms with E-state index in [-0.39, 0.29) is 70.2 Å². The van der Waals surface area contributed by atoms with Gasteiger partial charge < -0.3 is 4.74 Å². The minimum absolute atomic E-state index is 0. The van der Waals surface area contributed by atoms with Gasteiger partial charge in [0.05, 0.1) is 18.6 Å². The van der Waals surface area contributed by atoms with Crippen LogP contribution in [0.15, 0.2) is 11.0 Å². The summed E-state index contributed by atoms with van der Waals surface area (Å²) >= 11 is 0. The second-order valence-corrected chi connectivity index (χ2v) is 4.71. The molecule has 0 spiro atoms. The molecule has 0 aromatic heterocycles. The molecule has 0 aliphatic carbocycles. The van der Waals surface area contributed by atoms with Crippen molar-refractivity contribution in [3.8, 4) is 0 Å². The fourth-order valence-electron chi connectivity index (χ4n) is 0.807. The van der Waals surface area contributed by atoms with Crippen LogP contribution in [-0.2, 0) is 23.8 Å². The maximum atomic E-state index is 11.3. The Labute approximate surface area is 145 Å². The van der Waals surface area contributed by atoms with Crippen molar-refractivity contribution in [2.24, 2.45) is 0 Å². The van der Waals surface area contributed by atoms with Crippen LogP contribution in [-0.4, -0.2) is 79.0 Å². The monoisotopic (exact) mass is 290 g/mol. The molecule has 0 bridgehead atoms. The quantitative estimate of drug-likeness (QED) is 0.302. The average Bonchev–Trinajstić information content (AvgIpc) is 2.22. The molecule has 0 atom stereocenters. The van der Waals surface area contributed by atoms with Gasteiger partial charge in [-0.1, -0.05) is 13.8 Å². The summed E-state index contributed by atoms with van der Waals surface area (Å²) in [6.45, 7) is 5.41. The van der Waals surface area contributed by atoms with Crippen LogP contribution < -0.4 is 0 Å². The SMILES string of the molecule is CCCOC(=O)C(C)=CS(=O)(=O)OCCC.[KH]. The number of esters is 1. The van der Waals surface area contributed by atoms with E-state index in [9.17, 15) is 13.2 Å². The first-order chi connectivity index (χ1) is 7.43. The molecule has 0 aliphatic heterocycles. The molecule has 0 fully saturated rings. The summed E-state index contributed by atoms with van der Waals surface area (Å²) in [5.74, 6) is -0.634. The molecule has 0 unspecified atom stereocenters. The molecule has 0 saturated heterocycles. The molecule has 0 heterocycles. The molecular weight excluding hydrogens is 271 g/mol. The average molecular weight is 290 g/mol. The number of rotatable bonds is 7. The van der Waals surface area contributed by atoms with Crippen molar-refractivity contribution in [1.29, 1.82) is 0 Å². The minimum atomic E-state index is -3.78. The van der Waals surface area contributed by atoms with Gasteiger partial charge in [-0.3, -0.25) is 4.18 Å². The van der Waals surface area contributed by atoms with E-state index in [0.717, 1.165) is 5.41 Å². The van der Waals surface area contributed by atoms with Gasteiger partial charge in [0.2, 0.25) is 0 Å². The Morgan fingerprint density at radius 1 is 1.18 bits per heavy atom. The molecular formula is C10H19KO5S. The first-order valence-corrected chi connectivity index (χ1v) is 6.65. The first kappa shape index (κ1) is 20.1. The second kappa shape index (κ2) is 10.7. The Hall–Kier alpha value is 0.756. The van der Waals surface area contributed by atoms with Gasteiger partial charge in [0, 0.05) is 5.57 Å². The molecule has 0 aromatic rings. The summed E-state index contributed by atoms with van der Waals surface area (Å²) in [5.41, 5.74) is 0.0181. The van der Waals surface area contributed by atoms with Crippen LogP contribution in [0, 0.1) is 0 Å².